The van der Waals surface area contributed by atoms with Crippen LogP contribution in [0.3, 0.4) is 0 Å². The zero-order valence-corrected chi connectivity index (χ0v) is 10.5. The van der Waals surface area contributed by atoms with Gasteiger partial charge in [-0.15, -0.1) is 0 Å². The molecule has 2 rings (SSSR count). The molecule has 0 saturated carbocycles. The van der Waals surface area contributed by atoms with Crippen molar-refractivity contribution in [3.63, 3.8) is 0 Å². The standard InChI is InChI=1S/C14H23N3/c15-13-7-3-4-8-14(13)16-9-12-17-10-5-1-2-6-11-17/h3-4,7-8,16H,1-2,5-6,9-12,15H2. The van der Waals surface area contributed by atoms with Crippen LogP contribution in [0.1, 0.15) is 25.7 Å². The molecular formula is C14H23N3. The van der Waals surface area contributed by atoms with Gasteiger partial charge < -0.3 is 16.0 Å². The van der Waals surface area contributed by atoms with Gasteiger partial charge in [-0.25, -0.2) is 0 Å². The van der Waals surface area contributed by atoms with Crippen LogP contribution in [-0.4, -0.2) is 31.1 Å². The molecule has 1 aromatic rings. The van der Waals surface area contributed by atoms with E-state index in [9.17, 15) is 0 Å². The lowest BCUT2D eigenvalue weighted by atomic mass is 10.2. The first-order chi connectivity index (χ1) is 8.36. The van der Waals surface area contributed by atoms with Gasteiger partial charge in [-0.05, 0) is 38.1 Å². The van der Waals surface area contributed by atoms with Crippen LogP contribution >= 0.6 is 0 Å². The second kappa shape index (κ2) is 6.50. The number of nitrogens with one attached hydrogen (secondary N) is 1. The molecule has 0 atom stereocenters. The smallest absolute Gasteiger partial charge is 0.0574 e. The number of nitrogens with two attached hydrogens (primary N) is 1. The summed E-state index contributed by atoms with van der Waals surface area (Å²) in [6.45, 7) is 4.61. The molecule has 0 aromatic heterocycles. The molecule has 1 heterocycles. The van der Waals surface area contributed by atoms with E-state index in [2.05, 4.69) is 10.2 Å². The molecule has 94 valence electrons. The van der Waals surface area contributed by atoms with E-state index in [1.165, 1.54) is 38.8 Å². The van der Waals surface area contributed by atoms with E-state index >= 15 is 0 Å². The highest BCUT2D eigenvalue weighted by atomic mass is 15.1. The lowest BCUT2D eigenvalue weighted by molar-refractivity contribution is 0.296. The van der Waals surface area contributed by atoms with E-state index in [0.29, 0.717) is 0 Å². The van der Waals surface area contributed by atoms with Gasteiger partial charge in [-0.1, -0.05) is 25.0 Å². The van der Waals surface area contributed by atoms with E-state index < -0.39 is 0 Å². The summed E-state index contributed by atoms with van der Waals surface area (Å²) >= 11 is 0. The average molecular weight is 233 g/mol. The third-order valence-corrected chi connectivity index (χ3v) is 3.40. The van der Waals surface area contributed by atoms with Crippen LogP contribution < -0.4 is 11.1 Å². The molecule has 1 aliphatic rings. The molecular weight excluding hydrogens is 210 g/mol. The van der Waals surface area contributed by atoms with Gasteiger partial charge in [0.1, 0.15) is 0 Å². The molecule has 1 aliphatic heterocycles. The highest BCUT2D eigenvalue weighted by Crippen LogP contribution is 2.16. The molecule has 0 bridgehead atoms. The third kappa shape index (κ3) is 3.93. The van der Waals surface area contributed by atoms with Gasteiger partial charge in [0.15, 0.2) is 0 Å². The Morgan fingerprint density at radius 1 is 1.06 bits per heavy atom. The molecule has 1 fully saturated rings. The van der Waals surface area contributed by atoms with E-state index in [-0.39, 0.29) is 0 Å². The normalized spacial score (nSPS) is 17.6. The number of nitrogen functional groups attached to an aromatic ring is 1. The number of rotatable bonds is 4. The molecule has 3 N–H and O–H groups in total. The highest BCUT2D eigenvalue weighted by molar-refractivity contribution is 5.65. The predicted octanol–water partition coefficient (Wildman–Crippen LogP) is 2.56. The highest BCUT2D eigenvalue weighted by Gasteiger charge is 2.08. The Labute approximate surface area is 104 Å². The predicted molar refractivity (Wildman–Crippen MR) is 74.3 cm³/mol. The van der Waals surface area contributed by atoms with E-state index in [1.807, 2.05) is 24.3 Å². The summed E-state index contributed by atoms with van der Waals surface area (Å²) in [6, 6.07) is 7.96. The fraction of sp³-hybridized carbons (Fsp3) is 0.571. The molecule has 3 heteroatoms. The zero-order valence-electron chi connectivity index (χ0n) is 10.5. The molecule has 1 aromatic carbocycles. The van der Waals surface area contributed by atoms with Crippen LogP contribution in [0.25, 0.3) is 0 Å². The summed E-state index contributed by atoms with van der Waals surface area (Å²) in [5.74, 6) is 0. The topological polar surface area (TPSA) is 41.3 Å². The first-order valence-electron chi connectivity index (χ1n) is 6.67. The number of para-hydroxylation sites is 2. The van der Waals surface area contributed by atoms with Gasteiger partial charge >= 0.3 is 0 Å². The fourth-order valence-electron chi connectivity index (χ4n) is 2.37. The summed E-state index contributed by atoms with van der Waals surface area (Å²) in [5.41, 5.74) is 7.78. The third-order valence-electron chi connectivity index (χ3n) is 3.40. The van der Waals surface area contributed by atoms with Crippen molar-refractivity contribution in [2.45, 2.75) is 25.7 Å². The Hall–Kier alpha value is -1.22. The maximum atomic E-state index is 5.89. The summed E-state index contributed by atoms with van der Waals surface area (Å²) in [4.78, 5) is 2.55. The van der Waals surface area contributed by atoms with Gasteiger partial charge in [0.2, 0.25) is 0 Å². The van der Waals surface area contributed by atoms with E-state index in [4.69, 9.17) is 5.73 Å². The maximum Gasteiger partial charge on any atom is 0.0574 e. The molecule has 0 unspecified atom stereocenters. The zero-order chi connectivity index (χ0) is 11.9. The van der Waals surface area contributed by atoms with E-state index in [1.54, 1.807) is 0 Å². The Kier molecular flexibility index (Phi) is 4.68. The number of nitrogens with zero attached hydrogens (tertiary/aromatic N) is 1. The van der Waals surface area contributed by atoms with Crippen molar-refractivity contribution in [3.05, 3.63) is 24.3 Å². The largest absolute Gasteiger partial charge is 0.397 e. The van der Waals surface area contributed by atoms with Gasteiger partial charge in [0, 0.05) is 13.1 Å². The van der Waals surface area contributed by atoms with Gasteiger partial charge in [0.25, 0.3) is 0 Å². The Balaban J connectivity index is 1.73. The molecule has 3 nitrogen and oxygen atoms in total. The Morgan fingerprint density at radius 3 is 2.47 bits per heavy atom. The van der Waals surface area contributed by atoms with Gasteiger partial charge in [0.05, 0.1) is 11.4 Å². The van der Waals surface area contributed by atoms with Gasteiger partial charge in [-0.2, -0.15) is 0 Å². The molecule has 17 heavy (non-hydrogen) atoms. The fourth-order valence-corrected chi connectivity index (χ4v) is 2.37. The van der Waals surface area contributed by atoms with Crippen molar-refractivity contribution >= 4 is 11.4 Å². The summed E-state index contributed by atoms with van der Waals surface area (Å²) in [5, 5.41) is 3.41. The van der Waals surface area contributed by atoms with Crippen molar-refractivity contribution in [3.8, 4) is 0 Å². The molecule has 0 spiro atoms. The quantitative estimate of drug-likeness (QED) is 0.785. The second-order valence-corrected chi connectivity index (χ2v) is 4.77. The SMILES string of the molecule is Nc1ccccc1NCCN1CCCCCC1. The van der Waals surface area contributed by atoms with Gasteiger partial charge in [-0.3, -0.25) is 0 Å². The lowest BCUT2D eigenvalue weighted by Crippen LogP contribution is -2.30. The number of hydrogen-bond donors (Lipinski definition) is 2. The first-order valence-corrected chi connectivity index (χ1v) is 6.67. The molecule has 0 radical (unpaired) electrons. The van der Waals surface area contributed by atoms with Crippen LogP contribution in [-0.2, 0) is 0 Å². The molecule has 0 aliphatic carbocycles. The molecule has 0 amide bonds. The van der Waals surface area contributed by atoms with Crippen LogP contribution in [0.2, 0.25) is 0 Å². The first kappa shape index (κ1) is 12.2. The summed E-state index contributed by atoms with van der Waals surface area (Å²) in [6.07, 6.45) is 5.51. The lowest BCUT2D eigenvalue weighted by Gasteiger charge is -2.20. The Morgan fingerprint density at radius 2 is 1.76 bits per heavy atom. The number of likely N-dealkylation sites (tertiary alicyclic amines) is 1. The summed E-state index contributed by atoms with van der Waals surface area (Å²) < 4.78 is 0. The van der Waals surface area contributed by atoms with Crippen LogP contribution in [0.15, 0.2) is 24.3 Å². The van der Waals surface area contributed by atoms with Crippen LogP contribution in [0, 0.1) is 0 Å². The number of benzene rings is 1. The minimum Gasteiger partial charge on any atom is -0.397 e. The van der Waals surface area contributed by atoms with Crippen LogP contribution in [0.5, 0.6) is 0 Å². The minimum absolute atomic E-state index is 0.836. The number of hydrogen-bond acceptors (Lipinski definition) is 3. The van der Waals surface area contributed by atoms with Crippen LogP contribution in [0.4, 0.5) is 11.4 Å². The maximum absolute atomic E-state index is 5.89. The molecule has 1 saturated heterocycles. The van der Waals surface area contributed by atoms with Crippen molar-refractivity contribution < 1.29 is 0 Å². The van der Waals surface area contributed by atoms with Crippen molar-refractivity contribution in [1.29, 1.82) is 0 Å². The van der Waals surface area contributed by atoms with E-state index in [0.717, 1.165) is 24.5 Å². The minimum atomic E-state index is 0.836. The average Bonchev–Trinajstić information content (AvgIpc) is 2.60. The monoisotopic (exact) mass is 233 g/mol. The second-order valence-electron chi connectivity index (χ2n) is 4.77. The van der Waals surface area contributed by atoms with Crippen molar-refractivity contribution in [2.24, 2.45) is 0 Å². The Bertz CT molecular complexity index is 330. The number of anilines is 2. The summed E-state index contributed by atoms with van der Waals surface area (Å²) in [7, 11) is 0. The van der Waals surface area contributed by atoms with Crippen molar-refractivity contribution in [1.82, 2.24) is 4.90 Å². The van der Waals surface area contributed by atoms with Crippen molar-refractivity contribution in [2.75, 3.05) is 37.2 Å².